The molecule has 0 bridgehead atoms. The molecule has 148 valence electrons. The first kappa shape index (κ1) is 20.2. The summed E-state index contributed by atoms with van der Waals surface area (Å²) in [4.78, 5) is 24.6. The summed E-state index contributed by atoms with van der Waals surface area (Å²) in [7, 11) is -3.71. The number of hydrogen-bond acceptors (Lipinski definition) is 5. The van der Waals surface area contributed by atoms with Crippen molar-refractivity contribution in [2.45, 2.75) is 18.7 Å². The van der Waals surface area contributed by atoms with Crippen LogP contribution >= 0.6 is 0 Å². The van der Waals surface area contributed by atoms with Gasteiger partial charge in [-0.25, -0.2) is 8.42 Å². The number of ether oxygens (including phenoxy) is 1. The SMILES string of the molecule is CC(=O)c1ccccc1NC(=O)c1cc(S(=O)(=O)N2CCOCC2)ccc1C. The molecule has 3 rings (SSSR count). The van der Waals surface area contributed by atoms with Gasteiger partial charge in [0, 0.05) is 24.2 Å². The molecule has 8 heteroatoms. The lowest BCUT2D eigenvalue weighted by Gasteiger charge is -2.26. The van der Waals surface area contributed by atoms with Gasteiger partial charge in [0.25, 0.3) is 5.91 Å². The molecule has 1 N–H and O–H groups in total. The van der Waals surface area contributed by atoms with E-state index in [0.29, 0.717) is 30.0 Å². The van der Waals surface area contributed by atoms with Crippen molar-refractivity contribution in [1.82, 2.24) is 4.31 Å². The van der Waals surface area contributed by atoms with Crippen LogP contribution in [0.2, 0.25) is 0 Å². The van der Waals surface area contributed by atoms with Crippen LogP contribution in [0.4, 0.5) is 5.69 Å². The van der Waals surface area contributed by atoms with Crippen LogP contribution in [0.25, 0.3) is 0 Å². The monoisotopic (exact) mass is 402 g/mol. The number of morpholine rings is 1. The molecule has 28 heavy (non-hydrogen) atoms. The van der Waals surface area contributed by atoms with Gasteiger partial charge in [-0.05, 0) is 43.7 Å². The van der Waals surface area contributed by atoms with Gasteiger partial charge in [-0.2, -0.15) is 4.31 Å². The van der Waals surface area contributed by atoms with Gasteiger partial charge in [0.15, 0.2) is 5.78 Å². The molecule has 0 unspecified atom stereocenters. The molecule has 0 radical (unpaired) electrons. The fraction of sp³-hybridized carbons (Fsp3) is 0.300. The predicted molar refractivity (Wildman–Crippen MR) is 105 cm³/mol. The molecule has 1 aliphatic heterocycles. The van der Waals surface area contributed by atoms with Gasteiger partial charge in [0.1, 0.15) is 0 Å². The minimum Gasteiger partial charge on any atom is -0.379 e. The van der Waals surface area contributed by atoms with Crippen LogP contribution < -0.4 is 5.32 Å². The van der Waals surface area contributed by atoms with Gasteiger partial charge >= 0.3 is 0 Å². The Labute approximate surface area is 164 Å². The highest BCUT2D eigenvalue weighted by Gasteiger charge is 2.27. The van der Waals surface area contributed by atoms with Crippen molar-refractivity contribution >= 4 is 27.4 Å². The Morgan fingerprint density at radius 2 is 1.71 bits per heavy atom. The summed E-state index contributed by atoms with van der Waals surface area (Å²) >= 11 is 0. The minimum atomic E-state index is -3.71. The highest BCUT2D eigenvalue weighted by atomic mass is 32.2. The minimum absolute atomic E-state index is 0.0602. The van der Waals surface area contributed by atoms with E-state index in [2.05, 4.69) is 5.32 Å². The largest absolute Gasteiger partial charge is 0.379 e. The molecule has 1 saturated heterocycles. The molecule has 0 aromatic heterocycles. The topological polar surface area (TPSA) is 92.8 Å². The molecule has 1 heterocycles. The highest BCUT2D eigenvalue weighted by molar-refractivity contribution is 7.89. The molecule has 7 nitrogen and oxygen atoms in total. The quantitative estimate of drug-likeness (QED) is 0.776. The fourth-order valence-electron chi connectivity index (χ4n) is 3.03. The number of rotatable bonds is 5. The zero-order valence-corrected chi connectivity index (χ0v) is 16.6. The summed E-state index contributed by atoms with van der Waals surface area (Å²) in [5.41, 5.74) is 1.66. The van der Waals surface area contributed by atoms with Gasteiger partial charge in [-0.3, -0.25) is 9.59 Å². The van der Waals surface area contributed by atoms with Crippen LogP contribution in [0.1, 0.15) is 33.2 Å². The standard InChI is InChI=1S/C20H22N2O5S/c1-14-7-8-16(28(25,26)22-9-11-27-12-10-22)13-18(14)20(24)21-19-6-4-3-5-17(19)15(2)23/h3-8,13H,9-12H2,1-2H3,(H,21,24). The zero-order valence-electron chi connectivity index (χ0n) is 15.8. The summed E-state index contributed by atoms with van der Waals surface area (Å²) in [6.07, 6.45) is 0. The Balaban J connectivity index is 1.91. The molecular formula is C20H22N2O5S. The normalized spacial score (nSPS) is 15.2. The molecule has 1 fully saturated rings. The summed E-state index contributed by atoms with van der Waals surface area (Å²) < 4.78 is 32.3. The number of para-hydroxylation sites is 1. The molecule has 0 aliphatic carbocycles. The molecular weight excluding hydrogens is 380 g/mol. The van der Waals surface area contributed by atoms with Crippen LogP contribution in [0.5, 0.6) is 0 Å². The van der Waals surface area contributed by atoms with Crippen LogP contribution in [0.15, 0.2) is 47.4 Å². The number of carbonyl (C=O) groups is 2. The van der Waals surface area contributed by atoms with Crippen molar-refractivity contribution < 1.29 is 22.7 Å². The maximum atomic E-state index is 12.9. The van der Waals surface area contributed by atoms with Crippen molar-refractivity contribution in [2.24, 2.45) is 0 Å². The number of benzene rings is 2. The third-order valence-corrected chi connectivity index (χ3v) is 6.51. The first-order valence-electron chi connectivity index (χ1n) is 8.90. The van der Waals surface area contributed by atoms with E-state index in [9.17, 15) is 18.0 Å². The number of sulfonamides is 1. The number of anilines is 1. The lowest BCUT2D eigenvalue weighted by atomic mass is 10.1. The van der Waals surface area contributed by atoms with E-state index >= 15 is 0 Å². The third kappa shape index (κ3) is 4.14. The Hall–Kier alpha value is -2.55. The number of ketones is 1. The second-order valence-corrected chi connectivity index (χ2v) is 8.49. The van der Waals surface area contributed by atoms with Gasteiger partial charge < -0.3 is 10.1 Å². The van der Waals surface area contributed by atoms with E-state index in [1.807, 2.05) is 0 Å². The second kappa shape index (κ2) is 8.22. The number of aryl methyl sites for hydroxylation is 1. The Bertz CT molecular complexity index is 1010. The number of carbonyl (C=O) groups excluding carboxylic acids is 2. The first-order valence-corrected chi connectivity index (χ1v) is 10.3. The Morgan fingerprint density at radius 3 is 2.39 bits per heavy atom. The second-order valence-electron chi connectivity index (χ2n) is 6.55. The molecule has 0 atom stereocenters. The maximum Gasteiger partial charge on any atom is 0.255 e. The van der Waals surface area contributed by atoms with Crippen LogP contribution in [0, 0.1) is 6.92 Å². The number of nitrogens with zero attached hydrogens (tertiary/aromatic N) is 1. The molecule has 0 spiro atoms. The summed E-state index contributed by atoms with van der Waals surface area (Å²) in [5.74, 6) is -0.638. The summed E-state index contributed by atoms with van der Waals surface area (Å²) in [6, 6.07) is 11.2. The molecule has 0 saturated carbocycles. The van der Waals surface area contributed by atoms with E-state index in [0.717, 1.165) is 0 Å². The summed E-state index contributed by atoms with van der Waals surface area (Å²) in [5, 5.41) is 2.72. The average molecular weight is 402 g/mol. The molecule has 1 amide bonds. The highest BCUT2D eigenvalue weighted by Crippen LogP contribution is 2.22. The number of hydrogen-bond donors (Lipinski definition) is 1. The summed E-state index contributed by atoms with van der Waals surface area (Å²) in [6.45, 7) is 4.41. The molecule has 2 aromatic carbocycles. The first-order chi connectivity index (χ1) is 13.3. The van der Waals surface area contributed by atoms with E-state index in [1.165, 1.54) is 23.4 Å². The van der Waals surface area contributed by atoms with Crippen molar-refractivity contribution in [3.05, 3.63) is 59.2 Å². The van der Waals surface area contributed by atoms with Crippen molar-refractivity contribution in [3.63, 3.8) is 0 Å². The lowest BCUT2D eigenvalue weighted by Crippen LogP contribution is -2.40. The van der Waals surface area contributed by atoms with Crippen LogP contribution in [0.3, 0.4) is 0 Å². The van der Waals surface area contributed by atoms with Crippen molar-refractivity contribution in [3.8, 4) is 0 Å². The Kier molecular flexibility index (Phi) is 5.93. The van der Waals surface area contributed by atoms with Gasteiger partial charge in [0.2, 0.25) is 10.0 Å². The van der Waals surface area contributed by atoms with E-state index in [-0.39, 0.29) is 29.3 Å². The average Bonchev–Trinajstić information content (AvgIpc) is 2.69. The third-order valence-electron chi connectivity index (χ3n) is 4.62. The van der Waals surface area contributed by atoms with Gasteiger partial charge in [0.05, 0.1) is 23.8 Å². The maximum absolute atomic E-state index is 12.9. The zero-order chi connectivity index (χ0) is 20.3. The van der Waals surface area contributed by atoms with Gasteiger partial charge in [-0.15, -0.1) is 0 Å². The van der Waals surface area contributed by atoms with Crippen LogP contribution in [-0.4, -0.2) is 50.7 Å². The number of amides is 1. The fourth-order valence-corrected chi connectivity index (χ4v) is 4.47. The lowest BCUT2D eigenvalue weighted by molar-refractivity contribution is 0.0730. The molecule has 1 aliphatic rings. The molecule has 2 aromatic rings. The smallest absolute Gasteiger partial charge is 0.255 e. The van der Waals surface area contributed by atoms with Gasteiger partial charge in [-0.1, -0.05) is 18.2 Å². The number of nitrogens with one attached hydrogen (secondary N) is 1. The van der Waals surface area contributed by atoms with Crippen molar-refractivity contribution in [2.75, 3.05) is 31.6 Å². The van der Waals surface area contributed by atoms with Crippen LogP contribution in [-0.2, 0) is 14.8 Å². The van der Waals surface area contributed by atoms with Crippen molar-refractivity contribution in [1.29, 1.82) is 0 Å². The van der Waals surface area contributed by atoms with E-state index < -0.39 is 15.9 Å². The Morgan fingerprint density at radius 1 is 1.04 bits per heavy atom. The van der Waals surface area contributed by atoms with E-state index in [1.54, 1.807) is 37.3 Å². The number of Topliss-reactive ketones (excluding diaryl/α,β-unsaturated/α-hetero) is 1. The predicted octanol–water partition coefficient (Wildman–Crippen LogP) is 2.47. The van der Waals surface area contributed by atoms with E-state index in [4.69, 9.17) is 4.74 Å².